The minimum atomic E-state index is -0.360. The Bertz CT molecular complexity index is 568. The summed E-state index contributed by atoms with van der Waals surface area (Å²) in [6.45, 7) is 1.67. The largest absolute Gasteiger partial charge is 0.390 e. The van der Waals surface area contributed by atoms with Gasteiger partial charge in [-0.25, -0.2) is 4.98 Å². The topological polar surface area (TPSA) is 62.2 Å². The second-order valence-corrected chi connectivity index (χ2v) is 5.38. The predicted molar refractivity (Wildman–Crippen MR) is 76.5 cm³/mol. The number of nitrogens with one attached hydrogen (secondary N) is 1. The number of amides is 1. The molecule has 2 aromatic rings. The molecule has 1 aromatic carbocycles. The molecule has 6 heteroatoms. The normalized spacial score (nSPS) is 12.2. The Labute approximate surface area is 120 Å². The standard InChI is InChI=1S/C13H13ClN2O2S/c1-8(13-16-11(6-17)7-19-13)12(18)15-10-4-2-9(14)3-5-10/h2-5,7-8,17H,6H2,1H3,(H,15,18). The maximum absolute atomic E-state index is 12.1. The van der Waals surface area contributed by atoms with Gasteiger partial charge in [0.2, 0.25) is 5.91 Å². The predicted octanol–water partition coefficient (Wildman–Crippen LogP) is 3.03. The Hall–Kier alpha value is -1.43. The zero-order valence-electron chi connectivity index (χ0n) is 10.3. The number of aromatic nitrogens is 1. The van der Waals surface area contributed by atoms with Crippen LogP contribution < -0.4 is 5.32 Å². The fraction of sp³-hybridized carbons (Fsp3) is 0.231. The molecule has 100 valence electrons. The van der Waals surface area contributed by atoms with Crippen LogP contribution in [-0.2, 0) is 11.4 Å². The summed E-state index contributed by atoms with van der Waals surface area (Å²) in [5, 5.41) is 14.8. The third kappa shape index (κ3) is 3.53. The van der Waals surface area contributed by atoms with Crippen LogP contribution in [-0.4, -0.2) is 16.0 Å². The van der Waals surface area contributed by atoms with Crippen LogP contribution in [0.3, 0.4) is 0 Å². The van der Waals surface area contributed by atoms with E-state index in [9.17, 15) is 4.79 Å². The van der Waals surface area contributed by atoms with E-state index in [0.29, 0.717) is 21.4 Å². The van der Waals surface area contributed by atoms with Gasteiger partial charge in [-0.3, -0.25) is 4.79 Å². The first kappa shape index (κ1) is 14.0. The van der Waals surface area contributed by atoms with Crippen molar-refractivity contribution in [2.24, 2.45) is 0 Å². The van der Waals surface area contributed by atoms with E-state index >= 15 is 0 Å². The lowest BCUT2D eigenvalue weighted by Crippen LogP contribution is -2.18. The highest BCUT2D eigenvalue weighted by molar-refractivity contribution is 7.09. The molecule has 0 saturated carbocycles. The summed E-state index contributed by atoms with van der Waals surface area (Å²) in [6, 6.07) is 6.92. The number of hydrogen-bond acceptors (Lipinski definition) is 4. The van der Waals surface area contributed by atoms with E-state index in [1.165, 1.54) is 11.3 Å². The lowest BCUT2D eigenvalue weighted by Gasteiger charge is -2.09. The lowest BCUT2D eigenvalue weighted by atomic mass is 10.1. The highest BCUT2D eigenvalue weighted by atomic mass is 35.5. The minimum Gasteiger partial charge on any atom is -0.390 e. The number of benzene rings is 1. The summed E-state index contributed by atoms with van der Waals surface area (Å²) >= 11 is 7.15. The van der Waals surface area contributed by atoms with Crippen molar-refractivity contribution in [2.45, 2.75) is 19.4 Å². The van der Waals surface area contributed by atoms with Crippen molar-refractivity contribution in [1.82, 2.24) is 4.98 Å². The summed E-state index contributed by atoms with van der Waals surface area (Å²) in [5.41, 5.74) is 1.28. The molecule has 0 aliphatic heterocycles. The van der Waals surface area contributed by atoms with Crippen LogP contribution in [0.15, 0.2) is 29.6 Å². The molecule has 0 fully saturated rings. The molecule has 0 radical (unpaired) electrons. The Morgan fingerprint density at radius 1 is 1.47 bits per heavy atom. The van der Waals surface area contributed by atoms with Crippen LogP contribution >= 0.6 is 22.9 Å². The monoisotopic (exact) mass is 296 g/mol. The fourth-order valence-corrected chi connectivity index (χ4v) is 2.48. The Morgan fingerprint density at radius 3 is 2.74 bits per heavy atom. The molecule has 2 rings (SSSR count). The molecule has 2 N–H and O–H groups in total. The van der Waals surface area contributed by atoms with E-state index in [4.69, 9.17) is 16.7 Å². The van der Waals surface area contributed by atoms with Crippen molar-refractivity contribution in [3.05, 3.63) is 45.4 Å². The quantitative estimate of drug-likeness (QED) is 0.911. The Kier molecular flexibility index (Phi) is 4.52. The van der Waals surface area contributed by atoms with Gasteiger partial charge in [-0.05, 0) is 31.2 Å². The second-order valence-electron chi connectivity index (χ2n) is 4.05. The first-order valence-electron chi connectivity index (χ1n) is 5.71. The number of aliphatic hydroxyl groups is 1. The summed E-state index contributed by atoms with van der Waals surface area (Å²) in [7, 11) is 0. The van der Waals surface area contributed by atoms with Crippen LogP contribution in [0.1, 0.15) is 23.5 Å². The summed E-state index contributed by atoms with van der Waals surface area (Å²) < 4.78 is 0. The summed E-state index contributed by atoms with van der Waals surface area (Å²) in [6.07, 6.45) is 0. The first-order chi connectivity index (χ1) is 9.10. The molecule has 4 nitrogen and oxygen atoms in total. The number of rotatable bonds is 4. The smallest absolute Gasteiger partial charge is 0.234 e. The van der Waals surface area contributed by atoms with Gasteiger partial charge in [0.15, 0.2) is 0 Å². The zero-order chi connectivity index (χ0) is 13.8. The molecule has 1 unspecified atom stereocenters. The third-order valence-corrected chi connectivity index (χ3v) is 3.94. The number of hydrogen-bond donors (Lipinski definition) is 2. The average molecular weight is 297 g/mol. The van der Waals surface area contributed by atoms with Gasteiger partial charge < -0.3 is 10.4 Å². The summed E-state index contributed by atoms with van der Waals surface area (Å²) in [4.78, 5) is 16.2. The molecule has 0 aliphatic rings. The number of nitrogens with zero attached hydrogens (tertiary/aromatic N) is 1. The highest BCUT2D eigenvalue weighted by Gasteiger charge is 2.18. The third-order valence-electron chi connectivity index (χ3n) is 2.61. The molecule has 0 saturated heterocycles. The SMILES string of the molecule is CC(C(=O)Nc1ccc(Cl)cc1)c1nc(CO)cs1. The molecular weight excluding hydrogens is 284 g/mol. The molecule has 0 aliphatic carbocycles. The number of anilines is 1. The molecule has 1 amide bonds. The van der Waals surface area contributed by atoms with Crippen LogP contribution in [0, 0.1) is 0 Å². The maximum Gasteiger partial charge on any atom is 0.234 e. The van der Waals surface area contributed by atoms with Crippen LogP contribution in [0.4, 0.5) is 5.69 Å². The van der Waals surface area contributed by atoms with E-state index in [1.54, 1.807) is 36.6 Å². The van der Waals surface area contributed by atoms with Crippen molar-refractivity contribution < 1.29 is 9.90 Å². The fourth-order valence-electron chi connectivity index (χ4n) is 1.49. The van der Waals surface area contributed by atoms with Gasteiger partial charge >= 0.3 is 0 Å². The van der Waals surface area contributed by atoms with Crippen molar-refractivity contribution in [3.63, 3.8) is 0 Å². The van der Waals surface area contributed by atoms with Gasteiger partial charge in [-0.2, -0.15) is 0 Å². The van der Waals surface area contributed by atoms with E-state index in [0.717, 1.165) is 0 Å². The van der Waals surface area contributed by atoms with Crippen LogP contribution in [0.5, 0.6) is 0 Å². The van der Waals surface area contributed by atoms with Crippen molar-refractivity contribution in [2.75, 3.05) is 5.32 Å². The van der Waals surface area contributed by atoms with Gasteiger partial charge in [-0.1, -0.05) is 11.6 Å². The van der Waals surface area contributed by atoms with Gasteiger partial charge in [-0.15, -0.1) is 11.3 Å². The van der Waals surface area contributed by atoms with Crippen molar-refractivity contribution >= 4 is 34.5 Å². The summed E-state index contributed by atoms with van der Waals surface area (Å²) in [5.74, 6) is -0.498. The van der Waals surface area contributed by atoms with Crippen molar-refractivity contribution in [3.8, 4) is 0 Å². The van der Waals surface area contributed by atoms with Crippen LogP contribution in [0.25, 0.3) is 0 Å². The number of carbonyl (C=O) groups excluding carboxylic acids is 1. The molecule has 1 atom stereocenters. The Balaban J connectivity index is 2.04. The first-order valence-corrected chi connectivity index (χ1v) is 6.97. The van der Waals surface area contributed by atoms with Crippen LogP contribution in [0.2, 0.25) is 5.02 Å². The van der Waals surface area contributed by atoms with E-state index in [-0.39, 0.29) is 18.4 Å². The van der Waals surface area contributed by atoms with Gasteiger partial charge in [0.25, 0.3) is 0 Å². The van der Waals surface area contributed by atoms with E-state index in [1.807, 2.05) is 0 Å². The zero-order valence-corrected chi connectivity index (χ0v) is 11.8. The van der Waals surface area contributed by atoms with Gasteiger partial charge in [0, 0.05) is 16.1 Å². The molecule has 0 bridgehead atoms. The van der Waals surface area contributed by atoms with Crippen molar-refractivity contribution in [1.29, 1.82) is 0 Å². The number of halogens is 1. The van der Waals surface area contributed by atoms with E-state index < -0.39 is 0 Å². The van der Waals surface area contributed by atoms with Gasteiger partial charge in [0.1, 0.15) is 5.01 Å². The molecule has 19 heavy (non-hydrogen) atoms. The van der Waals surface area contributed by atoms with Gasteiger partial charge in [0.05, 0.1) is 18.2 Å². The van der Waals surface area contributed by atoms with E-state index in [2.05, 4.69) is 10.3 Å². The molecule has 1 heterocycles. The number of carbonyl (C=O) groups is 1. The molecule has 1 aromatic heterocycles. The minimum absolute atomic E-state index is 0.109. The second kappa shape index (κ2) is 6.14. The maximum atomic E-state index is 12.1. The average Bonchev–Trinajstić information content (AvgIpc) is 2.89. The lowest BCUT2D eigenvalue weighted by molar-refractivity contribution is -0.117. The number of aliphatic hydroxyl groups excluding tert-OH is 1. The highest BCUT2D eigenvalue weighted by Crippen LogP contribution is 2.22. The number of thiazole rings is 1. The molecule has 0 spiro atoms. The Morgan fingerprint density at radius 2 is 2.16 bits per heavy atom. The molecular formula is C13H13ClN2O2S.